The van der Waals surface area contributed by atoms with Crippen molar-refractivity contribution in [3.63, 3.8) is 0 Å². The largest absolute Gasteiger partial charge is 0.380 e. The second kappa shape index (κ2) is 12.9. The molecule has 132 valence electrons. The summed E-state index contributed by atoms with van der Waals surface area (Å²) in [7, 11) is 0. The Morgan fingerprint density at radius 3 is 2.18 bits per heavy atom. The molecule has 0 bridgehead atoms. The third kappa shape index (κ3) is 10.2. The molecule has 0 aromatic heterocycles. The van der Waals surface area contributed by atoms with Gasteiger partial charge in [0.05, 0.1) is 0 Å². The summed E-state index contributed by atoms with van der Waals surface area (Å²) in [5.41, 5.74) is -1.21. The molecule has 3 nitrogen and oxygen atoms in total. The minimum absolute atomic E-state index is 0.198. The third-order valence-corrected chi connectivity index (χ3v) is 4.60. The van der Waals surface area contributed by atoms with Crippen LogP contribution in [-0.4, -0.2) is 23.2 Å². The molecule has 2 atom stereocenters. The number of carbonyl (C=O) groups is 1. The van der Waals surface area contributed by atoms with Crippen molar-refractivity contribution in [2.24, 2.45) is 5.92 Å². The molecule has 0 aliphatic heterocycles. The molecule has 3 heteroatoms. The van der Waals surface area contributed by atoms with Crippen molar-refractivity contribution in [3.05, 3.63) is 0 Å². The van der Waals surface area contributed by atoms with Crippen LogP contribution in [0.2, 0.25) is 0 Å². The van der Waals surface area contributed by atoms with Crippen molar-refractivity contribution in [1.29, 1.82) is 0 Å². The van der Waals surface area contributed by atoms with Crippen molar-refractivity contribution in [2.45, 2.75) is 104 Å². The zero-order valence-corrected chi connectivity index (χ0v) is 15.4. The molecule has 2 unspecified atom stereocenters. The Balaban J connectivity index is 3.94. The first-order valence-corrected chi connectivity index (χ1v) is 9.48. The lowest BCUT2D eigenvalue weighted by Crippen LogP contribution is -2.45. The maximum absolute atomic E-state index is 12.2. The molecule has 0 spiro atoms. The molecular formula is C19H39NO2. The van der Waals surface area contributed by atoms with Crippen LogP contribution in [-0.2, 0) is 4.79 Å². The second-order valence-electron chi connectivity index (χ2n) is 6.92. The summed E-state index contributed by atoms with van der Waals surface area (Å²) < 4.78 is 0. The predicted molar refractivity (Wildman–Crippen MR) is 94.9 cm³/mol. The van der Waals surface area contributed by atoms with Crippen molar-refractivity contribution in [2.75, 3.05) is 6.54 Å². The monoisotopic (exact) mass is 313 g/mol. The van der Waals surface area contributed by atoms with E-state index in [0.717, 1.165) is 25.7 Å². The van der Waals surface area contributed by atoms with Crippen LogP contribution < -0.4 is 5.32 Å². The summed E-state index contributed by atoms with van der Waals surface area (Å²) in [6.45, 7) is 8.92. The number of rotatable bonds is 14. The van der Waals surface area contributed by atoms with E-state index in [1.165, 1.54) is 38.5 Å². The summed E-state index contributed by atoms with van der Waals surface area (Å²) in [5.74, 6) is 0.338. The minimum Gasteiger partial charge on any atom is -0.380 e. The highest BCUT2D eigenvalue weighted by molar-refractivity contribution is 5.84. The van der Waals surface area contributed by atoms with Crippen LogP contribution in [0, 0.1) is 5.92 Å². The van der Waals surface area contributed by atoms with Crippen molar-refractivity contribution in [3.8, 4) is 0 Å². The molecule has 0 aliphatic rings. The first-order chi connectivity index (χ1) is 10.5. The third-order valence-electron chi connectivity index (χ3n) is 4.60. The van der Waals surface area contributed by atoms with E-state index in [1.807, 2.05) is 0 Å². The van der Waals surface area contributed by atoms with Gasteiger partial charge in [0.15, 0.2) is 0 Å². The molecule has 0 aliphatic carbocycles. The average Bonchev–Trinajstić information content (AvgIpc) is 2.50. The number of hydrogen-bond acceptors (Lipinski definition) is 2. The number of amides is 1. The number of aliphatic hydroxyl groups is 1. The topological polar surface area (TPSA) is 49.3 Å². The van der Waals surface area contributed by atoms with E-state index >= 15 is 0 Å². The first kappa shape index (κ1) is 21.4. The quantitative estimate of drug-likeness (QED) is 0.452. The van der Waals surface area contributed by atoms with E-state index in [-0.39, 0.29) is 5.91 Å². The molecule has 0 rings (SSSR count). The fraction of sp³-hybridized carbons (Fsp3) is 0.947. The summed E-state index contributed by atoms with van der Waals surface area (Å²) in [4.78, 5) is 12.2. The van der Waals surface area contributed by atoms with Crippen molar-refractivity contribution in [1.82, 2.24) is 5.32 Å². The van der Waals surface area contributed by atoms with Crippen LogP contribution in [0.25, 0.3) is 0 Å². The van der Waals surface area contributed by atoms with Crippen LogP contribution in [0.15, 0.2) is 0 Å². The molecule has 22 heavy (non-hydrogen) atoms. The van der Waals surface area contributed by atoms with E-state index in [0.29, 0.717) is 18.9 Å². The summed E-state index contributed by atoms with van der Waals surface area (Å²) >= 11 is 0. The highest BCUT2D eigenvalue weighted by atomic mass is 16.3. The van der Waals surface area contributed by atoms with Crippen LogP contribution >= 0.6 is 0 Å². The van der Waals surface area contributed by atoms with Gasteiger partial charge in [-0.15, -0.1) is 0 Å². The van der Waals surface area contributed by atoms with Crippen LogP contribution in [0.1, 0.15) is 98.3 Å². The van der Waals surface area contributed by atoms with Gasteiger partial charge < -0.3 is 10.4 Å². The van der Waals surface area contributed by atoms with Gasteiger partial charge in [0, 0.05) is 6.54 Å². The van der Waals surface area contributed by atoms with Gasteiger partial charge in [0.1, 0.15) is 5.60 Å². The lowest BCUT2D eigenvalue weighted by molar-refractivity contribution is -0.139. The van der Waals surface area contributed by atoms with Gasteiger partial charge in [-0.05, 0) is 25.7 Å². The Morgan fingerprint density at radius 1 is 1.00 bits per heavy atom. The predicted octanol–water partition coefficient (Wildman–Crippen LogP) is 4.82. The van der Waals surface area contributed by atoms with Crippen molar-refractivity contribution < 1.29 is 9.90 Å². The molecule has 0 aromatic carbocycles. The van der Waals surface area contributed by atoms with Gasteiger partial charge >= 0.3 is 0 Å². The molecule has 0 saturated heterocycles. The summed E-state index contributed by atoms with van der Waals surface area (Å²) in [6.07, 6.45) is 12.3. The number of carbonyl (C=O) groups excluding carboxylic acids is 1. The minimum atomic E-state index is -1.21. The highest BCUT2D eigenvalue weighted by Crippen LogP contribution is 2.17. The van der Waals surface area contributed by atoms with Gasteiger partial charge in [-0.3, -0.25) is 4.79 Å². The number of unbranched alkanes of at least 4 members (excludes halogenated alkanes) is 6. The molecule has 0 fully saturated rings. The summed E-state index contributed by atoms with van der Waals surface area (Å²) in [6, 6.07) is 0. The molecular weight excluding hydrogens is 274 g/mol. The fourth-order valence-corrected chi connectivity index (χ4v) is 2.73. The molecule has 0 saturated carbocycles. The number of hydrogen-bond donors (Lipinski definition) is 2. The molecule has 0 aromatic rings. The van der Waals surface area contributed by atoms with Crippen LogP contribution in [0.4, 0.5) is 0 Å². The second-order valence-corrected chi connectivity index (χ2v) is 6.92. The van der Waals surface area contributed by atoms with E-state index < -0.39 is 5.60 Å². The molecule has 1 amide bonds. The lowest BCUT2D eigenvalue weighted by atomic mass is 9.95. The van der Waals surface area contributed by atoms with Gasteiger partial charge in [0.2, 0.25) is 0 Å². The lowest BCUT2D eigenvalue weighted by Gasteiger charge is -2.24. The van der Waals surface area contributed by atoms with Gasteiger partial charge in [0.25, 0.3) is 5.91 Å². The van der Waals surface area contributed by atoms with E-state index in [2.05, 4.69) is 26.1 Å². The Labute approximate surface area is 138 Å². The zero-order valence-electron chi connectivity index (χ0n) is 15.4. The SMILES string of the molecule is CCCCCCCCC(C)(O)C(=O)NCC(CC)CCCC. The Morgan fingerprint density at radius 2 is 1.59 bits per heavy atom. The van der Waals surface area contributed by atoms with E-state index in [1.54, 1.807) is 6.92 Å². The first-order valence-electron chi connectivity index (χ1n) is 9.48. The van der Waals surface area contributed by atoms with Gasteiger partial charge in [-0.2, -0.15) is 0 Å². The maximum Gasteiger partial charge on any atom is 0.251 e. The normalized spacial score (nSPS) is 15.3. The fourth-order valence-electron chi connectivity index (χ4n) is 2.73. The van der Waals surface area contributed by atoms with Crippen LogP contribution in [0.5, 0.6) is 0 Å². The Hall–Kier alpha value is -0.570. The van der Waals surface area contributed by atoms with Gasteiger partial charge in [-0.25, -0.2) is 0 Å². The number of nitrogens with one attached hydrogen (secondary N) is 1. The smallest absolute Gasteiger partial charge is 0.251 e. The molecule has 0 radical (unpaired) electrons. The van der Waals surface area contributed by atoms with Crippen molar-refractivity contribution >= 4 is 5.91 Å². The van der Waals surface area contributed by atoms with Crippen LogP contribution in [0.3, 0.4) is 0 Å². The zero-order chi connectivity index (χ0) is 16.8. The Kier molecular flexibility index (Phi) is 12.6. The highest BCUT2D eigenvalue weighted by Gasteiger charge is 2.29. The van der Waals surface area contributed by atoms with E-state index in [9.17, 15) is 9.90 Å². The standard InChI is InChI=1S/C19H39NO2/c1-5-8-10-11-12-13-15-19(4,22)18(21)20-16-17(7-3)14-9-6-2/h17,22H,5-16H2,1-4H3,(H,20,21). The van der Waals surface area contributed by atoms with Gasteiger partial charge in [-0.1, -0.05) is 78.6 Å². The average molecular weight is 314 g/mol. The maximum atomic E-state index is 12.2. The Bertz CT molecular complexity index is 277. The summed E-state index contributed by atoms with van der Waals surface area (Å²) in [5, 5.41) is 13.3. The van der Waals surface area contributed by atoms with E-state index in [4.69, 9.17) is 0 Å². The molecule has 0 heterocycles. The molecule has 2 N–H and O–H groups in total.